The van der Waals surface area contributed by atoms with E-state index in [-0.39, 0.29) is 23.8 Å². The Bertz CT molecular complexity index is 485. The molecule has 0 amide bonds. The molecule has 1 aliphatic rings. The van der Waals surface area contributed by atoms with Gasteiger partial charge in [0.15, 0.2) is 0 Å². The second kappa shape index (κ2) is 6.05. The summed E-state index contributed by atoms with van der Waals surface area (Å²) in [5.74, 6) is -0.667. The van der Waals surface area contributed by atoms with Gasteiger partial charge < -0.3 is 15.0 Å². The van der Waals surface area contributed by atoms with Crippen LogP contribution in [-0.4, -0.2) is 41.8 Å². The van der Waals surface area contributed by atoms with Gasteiger partial charge in [-0.2, -0.15) is 13.2 Å². The molecule has 8 heteroatoms. The topological polar surface area (TPSA) is 50.3 Å². The van der Waals surface area contributed by atoms with E-state index in [1.54, 1.807) is 17.9 Å². The molecule has 0 spiro atoms. The average molecular weight is 304 g/mol. The molecule has 0 radical (unpaired) electrons. The minimum atomic E-state index is -4.57. The molecule has 1 aromatic heterocycles. The summed E-state index contributed by atoms with van der Waals surface area (Å²) >= 11 is 0. The highest BCUT2D eigenvalue weighted by molar-refractivity contribution is 5.50. The lowest BCUT2D eigenvalue weighted by Gasteiger charge is -2.36. The van der Waals surface area contributed by atoms with Crippen LogP contribution >= 0.6 is 0 Å². The normalized spacial score (nSPS) is 23.2. The molecule has 0 aliphatic carbocycles. The summed E-state index contributed by atoms with van der Waals surface area (Å²) in [4.78, 5) is 9.00. The molecule has 1 aromatic rings. The highest BCUT2D eigenvalue weighted by Crippen LogP contribution is 2.30. The number of morpholine rings is 1. The SMILES string of the molecule is CCNc1cc(N2CC(C)OC(C)C2)nc(C(F)(F)F)n1. The summed E-state index contributed by atoms with van der Waals surface area (Å²) in [7, 11) is 0. The van der Waals surface area contributed by atoms with Gasteiger partial charge in [0.05, 0.1) is 12.2 Å². The molecule has 1 aliphatic heterocycles. The van der Waals surface area contributed by atoms with E-state index in [0.29, 0.717) is 19.6 Å². The van der Waals surface area contributed by atoms with E-state index in [1.165, 1.54) is 0 Å². The van der Waals surface area contributed by atoms with Gasteiger partial charge in [0.25, 0.3) is 0 Å². The van der Waals surface area contributed by atoms with E-state index < -0.39 is 12.0 Å². The van der Waals surface area contributed by atoms with E-state index in [2.05, 4.69) is 15.3 Å². The van der Waals surface area contributed by atoms with E-state index in [0.717, 1.165) is 0 Å². The first-order chi connectivity index (χ1) is 9.79. The van der Waals surface area contributed by atoms with E-state index in [1.807, 2.05) is 13.8 Å². The summed E-state index contributed by atoms with van der Waals surface area (Å²) in [6.45, 7) is 7.07. The fourth-order valence-electron chi connectivity index (χ4n) is 2.36. The first-order valence-electron chi connectivity index (χ1n) is 6.90. The predicted octanol–water partition coefficient (Wildman–Crippen LogP) is 2.54. The number of nitrogens with zero attached hydrogens (tertiary/aromatic N) is 3. The van der Waals surface area contributed by atoms with Crippen LogP contribution < -0.4 is 10.2 Å². The summed E-state index contributed by atoms with van der Waals surface area (Å²) < 4.78 is 44.3. The smallest absolute Gasteiger partial charge is 0.372 e. The third-order valence-corrected chi connectivity index (χ3v) is 3.07. The number of hydrogen-bond acceptors (Lipinski definition) is 5. The van der Waals surface area contributed by atoms with Crippen molar-refractivity contribution in [3.63, 3.8) is 0 Å². The van der Waals surface area contributed by atoms with Gasteiger partial charge in [0.1, 0.15) is 11.6 Å². The first kappa shape index (κ1) is 15.8. The van der Waals surface area contributed by atoms with Crippen LogP contribution in [0.5, 0.6) is 0 Å². The molecule has 5 nitrogen and oxygen atoms in total. The molecule has 2 unspecified atom stereocenters. The Morgan fingerprint density at radius 1 is 1.29 bits per heavy atom. The van der Waals surface area contributed by atoms with Crippen molar-refractivity contribution in [2.24, 2.45) is 0 Å². The highest BCUT2D eigenvalue weighted by atomic mass is 19.4. The maximum Gasteiger partial charge on any atom is 0.451 e. The van der Waals surface area contributed by atoms with Crippen LogP contribution in [0.2, 0.25) is 0 Å². The molecular formula is C13H19F3N4O. The molecular weight excluding hydrogens is 285 g/mol. The fraction of sp³-hybridized carbons (Fsp3) is 0.692. The van der Waals surface area contributed by atoms with Gasteiger partial charge in [-0.15, -0.1) is 0 Å². The maximum absolute atomic E-state index is 12.9. The van der Waals surface area contributed by atoms with Crippen LogP contribution in [0.1, 0.15) is 26.6 Å². The molecule has 2 heterocycles. The summed E-state index contributed by atoms with van der Waals surface area (Å²) in [6, 6.07) is 1.55. The van der Waals surface area contributed by atoms with Crippen LogP contribution in [0.25, 0.3) is 0 Å². The molecule has 1 fully saturated rings. The number of halogens is 3. The zero-order valence-electron chi connectivity index (χ0n) is 12.2. The highest BCUT2D eigenvalue weighted by Gasteiger charge is 2.36. The Morgan fingerprint density at radius 2 is 1.90 bits per heavy atom. The van der Waals surface area contributed by atoms with Crippen LogP contribution in [0.15, 0.2) is 6.07 Å². The lowest BCUT2D eigenvalue weighted by molar-refractivity contribution is -0.144. The van der Waals surface area contributed by atoms with Gasteiger partial charge in [0.2, 0.25) is 5.82 Å². The van der Waals surface area contributed by atoms with Gasteiger partial charge >= 0.3 is 6.18 Å². The van der Waals surface area contributed by atoms with Crippen molar-refractivity contribution >= 4 is 11.6 Å². The summed E-state index contributed by atoms with van der Waals surface area (Å²) in [6.07, 6.45) is -4.68. The van der Waals surface area contributed by atoms with Crippen molar-refractivity contribution in [2.45, 2.75) is 39.2 Å². The van der Waals surface area contributed by atoms with Crippen molar-refractivity contribution in [3.8, 4) is 0 Å². The molecule has 0 bridgehead atoms. The van der Waals surface area contributed by atoms with Gasteiger partial charge in [-0.05, 0) is 20.8 Å². The summed E-state index contributed by atoms with van der Waals surface area (Å²) in [5.41, 5.74) is 0. The van der Waals surface area contributed by atoms with Crippen molar-refractivity contribution in [3.05, 3.63) is 11.9 Å². The Balaban J connectivity index is 2.35. The maximum atomic E-state index is 12.9. The molecule has 21 heavy (non-hydrogen) atoms. The second-order valence-electron chi connectivity index (χ2n) is 5.13. The van der Waals surface area contributed by atoms with Crippen LogP contribution in [0.3, 0.4) is 0 Å². The number of alkyl halides is 3. The van der Waals surface area contributed by atoms with Crippen molar-refractivity contribution in [2.75, 3.05) is 29.9 Å². The van der Waals surface area contributed by atoms with Crippen LogP contribution in [-0.2, 0) is 10.9 Å². The molecule has 1 saturated heterocycles. The lowest BCUT2D eigenvalue weighted by atomic mass is 10.2. The third kappa shape index (κ3) is 3.96. The van der Waals surface area contributed by atoms with Crippen molar-refractivity contribution in [1.29, 1.82) is 0 Å². The number of anilines is 2. The standard InChI is InChI=1S/C13H19F3N4O/c1-4-17-10-5-11(19-12(18-10)13(14,15)16)20-6-8(2)21-9(3)7-20/h5,8-9H,4,6-7H2,1-3H3,(H,17,18,19). The number of aromatic nitrogens is 2. The zero-order chi connectivity index (χ0) is 15.6. The minimum absolute atomic E-state index is 0.0550. The average Bonchev–Trinajstić information content (AvgIpc) is 2.36. The molecule has 118 valence electrons. The number of nitrogens with one attached hydrogen (secondary N) is 1. The first-order valence-corrected chi connectivity index (χ1v) is 6.90. The summed E-state index contributed by atoms with van der Waals surface area (Å²) in [5, 5.41) is 2.81. The predicted molar refractivity (Wildman–Crippen MR) is 73.4 cm³/mol. The van der Waals surface area contributed by atoms with Crippen LogP contribution in [0, 0.1) is 0 Å². The second-order valence-corrected chi connectivity index (χ2v) is 5.13. The quantitative estimate of drug-likeness (QED) is 0.930. The Labute approximate surface area is 121 Å². The van der Waals surface area contributed by atoms with E-state index >= 15 is 0 Å². The molecule has 0 saturated carbocycles. The van der Waals surface area contributed by atoms with Gasteiger partial charge in [-0.1, -0.05) is 0 Å². The number of ether oxygens (including phenoxy) is 1. The molecule has 0 aromatic carbocycles. The van der Waals surface area contributed by atoms with E-state index in [9.17, 15) is 13.2 Å². The third-order valence-electron chi connectivity index (χ3n) is 3.07. The fourth-order valence-corrected chi connectivity index (χ4v) is 2.36. The number of rotatable bonds is 3. The Hall–Kier alpha value is -1.57. The van der Waals surface area contributed by atoms with Crippen molar-refractivity contribution in [1.82, 2.24) is 9.97 Å². The minimum Gasteiger partial charge on any atom is -0.372 e. The monoisotopic (exact) mass is 304 g/mol. The Kier molecular flexibility index (Phi) is 4.55. The number of hydrogen-bond donors (Lipinski definition) is 1. The lowest BCUT2D eigenvalue weighted by Crippen LogP contribution is -2.46. The van der Waals surface area contributed by atoms with E-state index in [4.69, 9.17) is 4.74 Å². The molecule has 2 atom stereocenters. The molecule has 1 N–H and O–H groups in total. The Morgan fingerprint density at radius 3 is 2.43 bits per heavy atom. The van der Waals surface area contributed by atoms with Gasteiger partial charge in [0, 0.05) is 25.7 Å². The van der Waals surface area contributed by atoms with Gasteiger partial charge in [-0.3, -0.25) is 0 Å². The van der Waals surface area contributed by atoms with Gasteiger partial charge in [-0.25, -0.2) is 9.97 Å². The van der Waals surface area contributed by atoms with Crippen molar-refractivity contribution < 1.29 is 17.9 Å². The zero-order valence-corrected chi connectivity index (χ0v) is 12.2. The largest absolute Gasteiger partial charge is 0.451 e. The molecule has 2 rings (SSSR count). The van der Waals surface area contributed by atoms with Crippen LogP contribution in [0.4, 0.5) is 24.8 Å².